The maximum absolute atomic E-state index is 12.4. The summed E-state index contributed by atoms with van der Waals surface area (Å²) in [4.78, 5) is 23.8. The number of rotatable bonds is 7. The molecule has 134 valence electrons. The molecule has 1 unspecified atom stereocenters. The summed E-state index contributed by atoms with van der Waals surface area (Å²) in [6.45, 7) is 3.02. The number of carboxylic acids is 1. The number of benzene rings is 1. The molecular weight excluding hydrogens is 326 g/mol. The van der Waals surface area contributed by atoms with Gasteiger partial charge in [-0.05, 0) is 44.2 Å². The number of hydrogen-bond acceptors (Lipinski definition) is 5. The Kier molecular flexibility index (Phi) is 5.43. The largest absolute Gasteiger partial charge is 0.497 e. The van der Waals surface area contributed by atoms with E-state index < -0.39 is 17.4 Å². The summed E-state index contributed by atoms with van der Waals surface area (Å²) < 4.78 is 11.6. The fourth-order valence-corrected chi connectivity index (χ4v) is 2.32. The van der Waals surface area contributed by atoms with Crippen LogP contribution < -0.4 is 10.1 Å². The molecule has 2 N–H and O–H groups in total. The van der Waals surface area contributed by atoms with E-state index in [9.17, 15) is 14.7 Å². The number of aromatic nitrogens is 2. The molecule has 0 saturated heterocycles. The van der Waals surface area contributed by atoms with Crippen molar-refractivity contribution < 1.29 is 24.2 Å². The predicted octanol–water partition coefficient (Wildman–Crippen LogP) is 1.41. The van der Waals surface area contributed by atoms with Crippen molar-refractivity contribution in [3.8, 4) is 11.4 Å². The summed E-state index contributed by atoms with van der Waals surface area (Å²) in [7, 11) is 2.95. The van der Waals surface area contributed by atoms with Crippen LogP contribution in [0.3, 0.4) is 0 Å². The van der Waals surface area contributed by atoms with Crippen LogP contribution in [0.1, 0.15) is 23.1 Å². The van der Waals surface area contributed by atoms with Crippen LogP contribution in [0.2, 0.25) is 0 Å². The molecule has 0 bridgehead atoms. The van der Waals surface area contributed by atoms with Gasteiger partial charge in [0, 0.05) is 12.8 Å². The van der Waals surface area contributed by atoms with Crippen molar-refractivity contribution in [2.45, 2.75) is 19.4 Å². The summed E-state index contributed by atoms with van der Waals surface area (Å²) in [6.07, 6.45) is 0. The number of ether oxygens (including phenoxy) is 2. The first-order valence-corrected chi connectivity index (χ1v) is 7.56. The van der Waals surface area contributed by atoms with Gasteiger partial charge in [-0.3, -0.25) is 4.79 Å². The van der Waals surface area contributed by atoms with E-state index in [0.29, 0.717) is 5.75 Å². The van der Waals surface area contributed by atoms with Gasteiger partial charge in [0.2, 0.25) is 0 Å². The van der Waals surface area contributed by atoms with Crippen LogP contribution in [-0.4, -0.2) is 53.1 Å². The average Bonchev–Trinajstić information content (AvgIpc) is 2.97. The zero-order chi connectivity index (χ0) is 18.6. The molecule has 1 aromatic carbocycles. The molecule has 0 radical (unpaired) electrons. The van der Waals surface area contributed by atoms with Crippen molar-refractivity contribution in [2.24, 2.45) is 0 Å². The fraction of sp³-hybridized carbons (Fsp3) is 0.353. The van der Waals surface area contributed by atoms with E-state index in [2.05, 4.69) is 10.4 Å². The molecule has 1 heterocycles. The second-order valence-corrected chi connectivity index (χ2v) is 5.81. The van der Waals surface area contributed by atoms with Gasteiger partial charge < -0.3 is 19.9 Å². The number of amides is 1. The van der Waals surface area contributed by atoms with Crippen molar-refractivity contribution in [1.82, 2.24) is 15.1 Å². The van der Waals surface area contributed by atoms with E-state index in [4.69, 9.17) is 9.47 Å². The lowest BCUT2D eigenvalue weighted by molar-refractivity contribution is -0.145. The lowest BCUT2D eigenvalue weighted by atomic mass is 10.0. The first-order chi connectivity index (χ1) is 11.8. The van der Waals surface area contributed by atoms with Crippen molar-refractivity contribution in [3.05, 3.63) is 41.7 Å². The highest BCUT2D eigenvalue weighted by Gasteiger charge is 2.36. The Labute approximate surface area is 145 Å². The number of nitrogens with one attached hydrogen (secondary N) is 1. The Morgan fingerprint density at radius 3 is 2.44 bits per heavy atom. The van der Waals surface area contributed by atoms with E-state index in [1.807, 2.05) is 12.1 Å². The van der Waals surface area contributed by atoms with Crippen molar-refractivity contribution in [1.29, 1.82) is 0 Å². The van der Waals surface area contributed by atoms with E-state index in [-0.39, 0.29) is 12.3 Å². The lowest BCUT2D eigenvalue weighted by Gasteiger charge is -2.24. The smallest absolute Gasteiger partial charge is 0.331 e. The average molecular weight is 347 g/mol. The normalized spacial score (nSPS) is 13.1. The number of aryl methyl sites for hydroxylation is 1. The van der Waals surface area contributed by atoms with Gasteiger partial charge in [-0.2, -0.15) is 5.10 Å². The molecule has 0 fully saturated rings. The Balaban J connectivity index is 2.26. The van der Waals surface area contributed by atoms with Gasteiger partial charge in [0.15, 0.2) is 11.2 Å². The van der Waals surface area contributed by atoms with Gasteiger partial charge in [-0.15, -0.1) is 0 Å². The fourth-order valence-electron chi connectivity index (χ4n) is 2.32. The lowest BCUT2D eigenvalue weighted by Crippen LogP contribution is -2.55. The molecule has 8 nitrogen and oxygen atoms in total. The Bertz CT molecular complexity index is 769. The molecular formula is C17H21N3O5. The van der Waals surface area contributed by atoms with Crippen LogP contribution in [0.25, 0.3) is 5.69 Å². The topological polar surface area (TPSA) is 103 Å². The Hall–Kier alpha value is -2.87. The predicted molar refractivity (Wildman–Crippen MR) is 90.2 cm³/mol. The van der Waals surface area contributed by atoms with Gasteiger partial charge in [0.25, 0.3) is 5.91 Å². The highest BCUT2D eigenvalue weighted by atomic mass is 16.5. The third kappa shape index (κ3) is 3.97. The number of hydrogen-bond donors (Lipinski definition) is 2. The van der Waals surface area contributed by atoms with E-state index in [0.717, 1.165) is 11.4 Å². The SMILES string of the molecule is COCC(C)(NC(=O)c1cc(C)n(-c2ccc(OC)cc2)n1)C(=O)O. The van der Waals surface area contributed by atoms with Crippen LogP contribution >= 0.6 is 0 Å². The van der Waals surface area contributed by atoms with Gasteiger partial charge in [-0.1, -0.05) is 0 Å². The molecule has 0 aliphatic heterocycles. The minimum atomic E-state index is -1.54. The van der Waals surface area contributed by atoms with Gasteiger partial charge in [0.05, 0.1) is 19.4 Å². The number of methoxy groups -OCH3 is 2. The Morgan fingerprint density at radius 2 is 1.92 bits per heavy atom. The molecule has 2 rings (SSSR count). The second-order valence-electron chi connectivity index (χ2n) is 5.81. The van der Waals surface area contributed by atoms with E-state index in [1.54, 1.807) is 36.9 Å². The van der Waals surface area contributed by atoms with Crippen LogP contribution in [0.5, 0.6) is 5.75 Å². The van der Waals surface area contributed by atoms with Gasteiger partial charge in [0.1, 0.15) is 5.75 Å². The maximum atomic E-state index is 12.4. The molecule has 0 spiro atoms. The van der Waals surface area contributed by atoms with Crippen LogP contribution in [0.4, 0.5) is 0 Å². The monoisotopic (exact) mass is 347 g/mol. The van der Waals surface area contributed by atoms with Gasteiger partial charge >= 0.3 is 5.97 Å². The molecule has 8 heteroatoms. The summed E-state index contributed by atoms with van der Waals surface area (Å²) >= 11 is 0. The molecule has 1 amide bonds. The Morgan fingerprint density at radius 1 is 1.28 bits per heavy atom. The second kappa shape index (κ2) is 7.35. The minimum Gasteiger partial charge on any atom is -0.497 e. The minimum absolute atomic E-state index is 0.122. The molecule has 0 aliphatic rings. The standard InChI is InChI=1S/C17H21N3O5/c1-11-9-14(15(21)18-17(2,10-24-3)16(22)23)19-20(11)12-5-7-13(25-4)8-6-12/h5-9H,10H2,1-4H3,(H,18,21)(H,22,23). The van der Waals surface area contributed by atoms with Crippen molar-refractivity contribution in [3.63, 3.8) is 0 Å². The quantitative estimate of drug-likeness (QED) is 0.785. The number of aliphatic carboxylic acids is 1. The van der Waals surface area contributed by atoms with Crippen LogP contribution in [0, 0.1) is 6.92 Å². The number of carbonyl (C=O) groups excluding carboxylic acids is 1. The van der Waals surface area contributed by atoms with Crippen LogP contribution in [0.15, 0.2) is 30.3 Å². The van der Waals surface area contributed by atoms with Crippen molar-refractivity contribution >= 4 is 11.9 Å². The molecule has 1 aromatic heterocycles. The summed E-state index contributed by atoms with van der Waals surface area (Å²) in [5.41, 5.74) is 0.0788. The zero-order valence-corrected chi connectivity index (χ0v) is 14.6. The number of carboxylic acid groups (broad SMARTS) is 1. The molecule has 1 atom stereocenters. The summed E-state index contributed by atoms with van der Waals surface area (Å²) in [5.74, 6) is -1.06. The number of carbonyl (C=O) groups is 2. The van der Waals surface area contributed by atoms with E-state index >= 15 is 0 Å². The molecule has 2 aromatic rings. The summed E-state index contributed by atoms with van der Waals surface area (Å²) in [5, 5.41) is 16.0. The van der Waals surface area contributed by atoms with Crippen molar-refractivity contribution in [2.75, 3.05) is 20.8 Å². The first-order valence-electron chi connectivity index (χ1n) is 7.56. The van der Waals surface area contributed by atoms with Gasteiger partial charge in [-0.25, -0.2) is 9.48 Å². The number of nitrogens with zero attached hydrogens (tertiary/aromatic N) is 2. The van der Waals surface area contributed by atoms with E-state index in [1.165, 1.54) is 14.0 Å². The van der Waals surface area contributed by atoms with Crippen LogP contribution in [-0.2, 0) is 9.53 Å². The molecule has 0 aliphatic carbocycles. The highest BCUT2D eigenvalue weighted by molar-refractivity contribution is 5.96. The first kappa shape index (κ1) is 18.5. The summed E-state index contributed by atoms with van der Waals surface area (Å²) in [6, 6.07) is 8.79. The molecule has 25 heavy (non-hydrogen) atoms. The zero-order valence-electron chi connectivity index (χ0n) is 14.6. The third-order valence-corrected chi connectivity index (χ3v) is 3.73. The maximum Gasteiger partial charge on any atom is 0.331 e. The highest BCUT2D eigenvalue weighted by Crippen LogP contribution is 2.17. The molecule has 0 saturated carbocycles. The third-order valence-electron chi connectivity index (χ3n) is 3.73.